The highest BCUT2D eigenvalue weighted by Crippen LogP contribution is 2.23. The average molecular weight is 294 g/mol. The van der Waals surface area contributed by atoms with Gasteiger partial charge in [0, 0.05) is 18.2 Å². The molecule has 0 radical (unpaired) electrons. The van der Waals surface area contributed by atoms with Gasteiger partial charge in [-0.25, -0.2) is 4.79 Å². The third-order valence-corrected chi connectivity index (χ3v) is 3.02. The Morgan fingerprint density at radius 2 is 2.24 bits per heavy atom. The summed E-state index contributed by atoms with van der Waals surface area (Å²) in [5.74, 6) is -1.11. The maximum absolute atomic E-state index is 11.9. The summed E-state index contributed by atoms with van der Waals surface area (Å²) < 4.78 is 11.1. The summed E-state index contributed by atoms with van der Waals surface area (Å²) >= 11 is 0. The van der Waals surface area contributed by atoms with Crippen molar-refractivity contribution < 1.29 is 18.9 Å². The van der Waals surface area contributed by atoms with Gasteiger partial charge in [0.2, 0.25) is 0 Å². The number of nitrogens with zero attached hydrogens (tertiary/aromatic N) is 2. The maximum Gasteiger partial charge on any atom is 0.420 e. The summed E-state index contributed by atoms with van der Waals surface area (Å²) in [5.41, 5.74) is 0.368. The zero-order valence-electron chi connectivity index (χ0n) is 11.6. The second kappa shape index (κ2) is 5.78. The molecule has 0 aliphatic heterocycles. The summed E-state index contributed by atoms with van der Waals surface area (Å²) in [5, 5.41) is 10.8. The predicted octanol–water partition coefficient (Wildman–Crippen LogP) is 2.02. The SMILES string of the molecule is CCOC(=O)CC(C)n1c(=O)oc2ccc([N+](=O)[O-])cc21. The molecular weight excluding hydrogens is 280 g/mol. The van der Waals surface area contributed by atoms with Crippen LogP contribution in [0.2, 0.25) is 0 Å². The molecule has 21 heavy (non-hydrogen) atoms. The molecule has 0 spiro atoms. The topological polar surface area (TPSA) is 105 Å². The van der Waals surface area contributed by atoms with Gasteiger partial charge in [-0.05, 0) is 19.9 Å². The van der Waals surface area contributed by atoms with Crippen LogP contribution in [0.1, 0.15) is 26.3 Å². The van der Waals surface area contributed by atoms with Crippen molar-refractivity contribution in [1.82, 2.24) is 4.57 Å². The van der Waals surface area contributed by atoms with Gasteiger partial charge in [0.05, 0.1) is 23.5 Å². The van der Waals surface area contributed by atoms with Gasteiger partial charge in [0.25, 0.3) is 5.69 Å². The van der Waals surface area contributed by atoms with Crippen LogP contribution in [0.15, 0.2) is 27.4 Å². The molecule has 0 saturated carbocycles. The maximum atomic E-state index is 11.9. The van der Waals surface area contributed by atoms with Crippen molar-refractivity contribution >= 4 is 22.8 Å². The number of carbonyl (C=O) groups is 1. The van der Waals surface area contributed by atoms with Crippen molar-refractivity contribution in [3.63, 3.8) is 0 Å². The number of fused-ring (bicyclic) bond motifs is 1. The number of oxazole rings is 1. The van der Waals surface area contributed by atoms with Crippen LogP contribution in [0.25, 0.3) is 11.1 Å². The van der Waals surface area contributed by atoms with Gasteiger partial charge in [0.15, 0.2) is 5.58 Å². The molecule has 0 aliphatic rings. The third-order valence-electron chi connectivity index (χ3n) is 3.02. The molecule has 1 aromatic heterocycles. The van der Waals surface area contributed by atoms with E-state index in [0.717, 1.165) is 0 Å². The Labute approximate surface area is 119 Å². The Morgan fingerprint density at radius 3 is 2.86 bits per heavy atom. The lowest BCUT2D eigenvalue weighted by Gasteiger charge is -2.11. The van der Waals surface area contributed by atoms with E-state index in [-0.39, 0.29) is 29.8 Å². The molecular formula is C13H14N2O6. The molecule has 1 aromatic carbocycles. The normalized spacial score (nSPS) is 12.3. The molecule has 1 heterocycles. The van der Waals surface area contributed by atoms with E-state index in [0.29, 0.717) is 0 Å². The van der Waals surface area contributed by atoms with Crippen LogP contribution < -0.4 is 5.76 Å². The van der Waals surface area contributed by atoms with E-state index >= 15 is 0 Å². The van der Waals surface area contributed by atoms with Gasteiger partial charge in [-0.15, -0.1) is 0 Å². The first-order valence-electron chi connectivity index (χ1n) is 6.39. The van der Waals surface area contributed by atoms with Gasteiger partial charge >= 0.3 is 11.7 Å². The molecule has 0 amide bonds. The molecule has 0 N–H and O–H groups in total. The smallest absolute Gasteiger partial charge is 0.420 e. The molecule has 2 rings (SSSR count). The molecule has 8 nitrogen and oxygen atoms in total. The van der Waals surface area contributed by atoms with Crippen molar-refractivity contribution in [3.8, 4) is 0 Å². The van der Waals surface area contributed by atoms with Gasteiger partial charge < -0.3 is 9.15 Å². The van der Waals surface area contributed by atoms with Crippen LogP contribution in [0.4, 0.5) is 5.69 Å². The number of nitro benzene ring substituents is 1. The number of carbonyl (C=O) groups excluding carboxylic acids is 1. The lowest BCUT2D eigenvalue weighted by atomic mass is 10.2. The van der Waals surface area contributed by atoms with E-state index in [1.54, 1.807) is 13.8 Å². The Bertz CT molecular complexity index is 745. The quantitative estimate of drug-likeness (QED) is 0.474. The van der Waals surface area contributed by atoms with Crippen LogP contribution in [0, 0.1) is 10.1 Å². The van der Waals surface area contributed by atoms with Crippen molar-refractivity contribution in [2.24, 2.45) is 0 Å². The highest BCUT2D eigenvalue weighted by Gasteiger charge is 2.20. The first-order chi connectivity index (χ1) is 9.93. The lowest BCUT2D eigenvalue weighted by Crippen LogP contribution is -2.21. The van der Waals surface area contributed by atoms with Crippen molar-refractivity contribution in [1.29, 1.82) is 0 Å². The minimum Gasteiger partial charge on any atom is -0.466 e. The number of non-ortho nitro benzene ring substituents is 1. The van der Waals surface area contributed by atoms with Crippen LogP contribution in [0.5, 0.6) is 0 Å². The molecule has 0 bridgehead atoms. The van der Waals surface area contributed by atoms with Gasteiger partial charge in [-0.2, -0.15) is 0 Å². The van der Waals surface area contributed by atoms with Crippen LogP contribution >= 0.6 is 0 Å². The second-order valence-corrected chi connectivity index (χ2v) is 4.51. The van der Waals surface area contributed by atoms with E-state index < -0.39 is 22.7 Å². The third kappa shape index (κ3) is 2.93. The molecule has 0 saturated heterocycles. The average Bonchev–Trinajstić information content (AvgIpc) is 2.73. The molecule has 1 atom stereocenters. The first kappa shape index (κ1) is 14.8. The fraction of sp³-hybridized carbons (Fsp3) is 0.385. The van der Waals surface area contributed by atoms with Crippen molar-refractivity contribution in [3.05, 3.63) is 38.9 Å². The largest absolute Gasteiger partial charge is 0.466 e. The number of rotatable bonds is 5. The Balaban J connectivity index is 2.44. The predicted molar refractivity (Wildman–Crippen MR) is 73.1 cm³/mol. The highest BCUT2D eigenvalue weighted by molar-refractivity contribution is 5.76. The summed E-state index contributed by atoms with van der Waals surface area (Å²) in [7, 11) is 0. The second-order valence-electron chi connectivity index (χ2n) is 4.51. The minimum absolute atomic E-state index is 0.0227. The molecule has 0 aliphatic carbocycles. The zero-order valence-corrected chi connectivity index (χ0v) is 11.6. The fourth-order valence-corrected chi connectivity index (χ4v) is 2.11. The van der Waals surface area contributed by atoms with Crippen LogP contribution in [0.3, 0.4) is 0 Å². The summed E-state index contributed by atoms with van der Waals surface area (Å²) in [6.45, 7) is 3.58. The van der Waals surface area contributed by atoms with Gasteiger partial charge in [0.1, 0.15) is 0 Å². The molecule has 1 unspecified atom stereocenters. The number of nitro groups is 1. The van der Waals surface area contributed by atoms with E-state index in [1.807, 2.05) is 0 Å². The number of hydrogen-bond acceptors (Lipinski definition) is 6. The number of ether oxygens (including phenoxy) is 1. The lowest BCUT2D eigenvalue weighted by molar-refractivity contribution is -0.384. The fourth-order valence-electron chi connectivity index (χ4n) is 2.11. The number of aromatic nitrogens is 1. The van der Waals surface area contributed by atoms with Crippen LogP contribution in [-0.2, 0) is 9.53 Å². The van der Waals surface area contributed by atoms with Crippen molar-refractivity contribution in [2.75, 3.05) is 6.61 Å². The molecule has 112 valence electrons. The van der Waals surface area contributed by atoms with E-state index in [2.05, 4.69) is 0 Å². The van der Waals surface area contributed by atoms with Crippen molar-refractivity contribution in [2.45, 2.75) is 26.3 Å². The zero-order chi connectivity index (χ0) is 15.6. The van der Waals surface area contributed by atoms with Crippen LogP contribution in [-0.4, -0.2) is 22.1 Å². The van der Waals surface area contributed by atoms with Gasteiger partial charge in [-0.1, -0.05) is 0 Å². The number of hydrogen-bond donors (Lipinski definition) is 0. The van der Waals surface area contributed by atoms with E-state index in [9.17, 15) is 19.7 Å². The Kier molecular flexibility index (Phi) is 4.06. The monoisotopic (exact) mass is 294 g/mol. The summed E-state index contributed by atoms with van der Waals surface area (Å²) in [6.07, 6.45) is -0.0227. The minimum atomic E-state index is -0.665. The highest BCUT2D eigenvalue weighted by atomic mass is 16.6. The first-order valence-corrected chi connectivity index (χ1v) is 6.39. The number of benzene rings is 1. The molecule has 8 heteroatoms. The molecule has 2 aromatic rings. The van der Waals surface area contributed by atoms with Gasteiger partial charge in [-0.3, -0.25) is 19.5 Å². The molecule has 0 fully saturated rings. The van der Waals surface area contributed by atoms with E-state index in [4.69, 9.17) is 9.15 Å². The summed E-state index contributed by atoms with van der Waals surface area (Å²) in [4.78, 5) is 33.6. The Morgan fingerprint density at radius 1 is 1.52 bits per heavy atom. The standard InChI is InChI=1S/C13H14N2O6/c1-3-20-12(16)6-8(2)14-10-7-9(15(18)19)4-5-11(10)21-13(14)17/h4-5,7-8H,3,6H2,1-2H3. The number of esters is 1. The van der Waals surface area contributed by atoms with E-state index in [1.165, 1.54) is 22.8 Å². The summed E-state index contributed by atoms with van der Waals surface area (Å²) in [6, 6.07) is 3.34. The Hall–Kier alpha value is -2.64.